The maximum Gasteiger partial charge on any atom is 0.328 e. The van der Waals surface area contributed by atoms with Gasteiger partial charge in [0.1, 0.15) is 12.4 Å². The summed E-state index contributed by atoms with van der Waals surface area (Å²) in [6.07, 6.45) is 5.12. The van der Waals surface area contributed by atoms with E-state index in [9.17, 15) is 9.59 Å². The number of hydrogen-bond donors (Lipinski definition) is 1. The van der Waals surface area contributed by atoms with Gasteiger partial charge >= 0.3 is 5.97 Å². The van der Waals surface area contributed by atoms with Crippen molar-refractivity contribution >= 4 is 17.8 Å². The molecular weight excluding hydrogens is 304 g/mol. The highest BCUT2D eigenvalue weighted by Crippen LogP contribution is 2.26. The van der Waals surface area contributed by atoms with Crippen molar-refractivity contribution in [1.29, 1.82) is 0 Å². The molecule has 0 aromatic heterocycles. The largest absolute Gasteiger partial charge is 0.489 e. The molecule has 4 nitrogen and oxygen atoms in total. The fourth-order valence-corrected chi connectivity index (χ4v) is 2.77. The lowest BCUT2D eigenvalue weighted by Gasteiger charge is -2.16. The van der Waals surface area contributed by atoms with E-state index < -0.39 is 5.97 Å². The topological polar surface area (TPSA) is 63.6 Å². The Morgan fingerprint density at radius 1 is 1.12 bits per heavy atom. The minimum Gasteiger partial charge on any atom is -0.489 e. The molecule has 0 fully saturated rings. The molecule has 0 aliphatic heterocycles. The first kappa shape index (κ1) is 16.0. The van der Waals surface area contributed by atoms with E-state index >= 15 is 0 Å². The van der Waals surface area contributed by atoms with Crippen LogP contribution < -0.4 is 4.74 Å². The van der Waals surface area contributed by atoms with Crippen molar-refractivity contribution < 1.29 is 19.4 Å². The number of Topliss-reactive ketones (excluding diaryl/α,β-unsaturated/α-hetero) is 1. The van der Waals surface area contributed by atoms with Crippen LogP contribution in [0.5, 0.6) is 5.75 Å². The number of carboxylic acids is 1. The molecule has 0 heterocycles. The van der Waals surface area contributed by atoms with E-state index in [2.05, 4.69) is 0 Å². The Morgan fingerprint density at radius 2 is 1.92 bits per heavy atom. The molecule has 3 rings (SSSR count). The van der Waals surface area contributed by atoms with Gasteiger partial charge in [-0.25, -0.2) is 4.79 Å². The van der Waals surface area contributed by atoms with Gasteiger partial charge in [0.05, 0.1) is 0 Å². The molecule has 0 spiro atoms. The molecule has 0 bridgehead atoms. The highest BCUT2D eigenvalue weighted by atomic mass is 16.5. The molecule has 24 heavy (non-hydrogen) atoms. The summed E-state index contributed by atoms with van der Waals surface area (Å²) in [6, 6.07) is 13.2. The van der Waals surface area contributed by atoms with Crippen LogP contribution in [0, 0.1) is 0 Å². The Bertz CT molecular complexity index is 788. The van der Waals surface area contributed by atoms with E-state index in [1.165, 1.54) is 0 Å². The number of fused-ring (bicyclic) bond motifs is 1. The van der Waals surface area contributed by atoms with Gasteiger partial charge in [0.2, 0.25) is 0 Å². The van der Waals surface area contributed by atoms with Gasteiger partial charge in [-0.2, -0.15) is 0 Å². The average molecular weight is 322 g/mol. The number of ether oxygens (including phenoxy) is 1. The third kappa shape index (κ3) is 3.90. The Labute approximate surface area is 140 Å². The summed E-state index contributed by atoms with van der Waals surface area (Å²) < 4.78 is 5.81. The SMILES string of the molecule is O=C(O)/C=C/c1ccc(COc2ccc3c(c2)CCCC3=O)cc1. The summed E-state index contributed by atoms with van der Waals surface area (Å²) in [4.78, 5) is 22.3. The zero-order valence-electron chi connectivity index (χ0n) is 13.2. The van der Waals surface area contributed by atoms with Crippen LogP contribution >= 0.6 is 0 Å². The number of carbonyl (C=O) groups excluding carboxylic acids is 1. The van der Waals surface area contributed by atoms with Crippen LogP contribution in [0.1, 0.15) is 39.9 Å². The molecule has 2 aromatic carbocycles. The molecule has 0 saturated carbocycles. The number of aryl methyl sites for hydroxylation is 1. The van der Waals surface area contributed by atoms with Gasteiger partial charge in [-0.05, 0) is 53.8 Å². The summed E-state index contributed by atoms with van der Waals surface area (Å²) in [5, 5.41) is 8.61. The smallest absolute Gasteiger partial charge is 0.328 e. The van der Waals surface area contributed by atoms with Crippen LogP contribution in [0.25, 0.3) is 6.08 Å². The first-order chi connectivity index (χ1) is 11.6. The third-order valence-corrected chi connectivity index (χ3v) is 4.03. The van der Waals surface area contributed by atoms with Crippen molar-refractivity contribution in [2.24, 2.45) is 0 Å². The van der Waals surface area contributed by atoms with Crippen LogP contribution in [0.15, 0.2) is 48.5 Å². The van der Waals surface area contributed by atoms with Crippen LogP contribution in [0.2, 0.25) is 0 Å². The summed E-state index contributed by atoms with van der Waals surface area (Å²) in [7, 11) is 0. The van der Waals surface area contributed by atoms with Crippen molar-refractivity contribution in [3.8, 4) is 5.75 Å². The lowest BCUT2D eigenvalue weighted by molar-refractivity contribution is -0.131. The van der Waals surface area contributed by atoms with Gasteiger partial charge in [0.15, 0.2) is 5.78 Å². The summed E-state index contributed by atoms with van der Waals surface area (Å²) in [5.41, 5.74) is 3.71. The Kier molecular flexibility index (Phi) is 4.75. The molecule has 0 unspecified atom stereocenters. The highest BCUT2D eigenvalue weighted by molar-refractivity contribution is 5.98. The molecule has 0 radical (unpaired) electrons. The quantitative estimate of drug-likeness (QED) is 0.849. The fraction of sp³-hybridized carbons (Fsp3) is 0.200. The van der Waals surface area contributed by atoms with E-state index in [4.69, 9.17) is 9.84 Å². The molecule has 0 amide bonds. The van der Waals surface area contributed by atoms with Crippen LogP contribution in [0.4, 0.5) is 0 Å². The molecule has 4 heteroatoms. The number of rotatable bonds is 5. The van der Waals surface area contributed by atoms with Crippen molar-refractivity contribution in [2.75, 3.05) is 0 Å². The third-order valence-electron chi connectivity index (χ3n) is 4.03. The highest BCUT2D eigenvalue weighted by Gasteiger charge is 2.17. The summed E-state index contributed by atoms with van der Waals surface area (Å²) >= 11 is 0. The Balaban J connectivity index is 1.63. The Morgan fingerprint density at radius 3 is 2.67 bits per heavy atom. The van der Waals surface area contributed by atoms with Crippen molar-refractivity contribution in [3.05, 3.63) is 70.8 Å². The molecule has 1 aliphatic carbocycles. The lowest BCUT2D eigenvalue weighted by Crippen LogP contribution is -2.10. The Hall–Kier alpha value is -2.88. The van der Waals surface area contributed by atoms with Crippen LogP contribution in [-0.2, 0) is 17.8 Å². The predicted molar refractivity (Wildman–Crippen MR) is 91.2 cm³/mol. The zero-order chi connectivity index (χ0) is 16.9. The number of benzene rings is 2. The van der Waals surface area contributed by atoms with Gasteiger partial charge in [-0.1, -0.05) is 24.3 Å². The van der Waals surface area contributed by atoms with Crippen molar-refractivity contribution in [2.45, 2.75) is 25.9 Å². The maximum absolute atomic E-state index is 11.8. The van der Waals surface area contributed by atoms with Gasteiger partial charge < -0.3 is 9.84 Å². The summed E-state index contributed by atoms with van der Waals surface area (Å²) in [6.45, 7) is 0.426. The second-order valence-electron chi connectivity index (χ2n) is 5.80. The number of aliphatic carboxylic acids is 1. The van der Waals surface area contributed by atoms with Crippen molar-refractivity contribution in [3.63, 3.8) is 0 Å². The standard InChI is InChI=1S/C20H18O4/c21-19-3-1-2-16-12-17(9-10-18(16)19)24-13-15-6-4-14(5-7-15)8-11-20(22)23/h4-12H,1-3,13H2,(H,22,23)/b11-8+. The maximum atomic E-state index is 11.8. The molecule has 0 saturated heterocycles. The first-order valence-corrected chi connectivity index (χ1v) is 7.91. The normalized spacial score (nSPS) is 13.8. The van der Waals surface area contributed by atoms with Gasteiger partial charge in [-0.15, -0.1) is 0 Å². The minimum absolute atomic E-state index is 0.216. The van der Waals surface area contributed by atoms with Gasteiger partial charge in [-0.3, -0.25) is 4.79 Å². The van der Waals surface area contributed by atoms with E-state index in [1.807, 2.05) is 42.5 Å². The van der Waals surface area contributed by atoms with Gasteiger partial charge in [0, 0.05) is 18.1 Å². The molecule has 2 aromatic rings. The number of ketones is 1. The van der Waals surface area contributed by atoms with E-state index in [-0.39, 0.29) is 5.78 Å². The number of carbonyl (C=O) groups is 2. The van der Waals surface area contributed by atoms with Crippen LogP contribution in [-0.4, -0.2) is 16.9 Å². The monoisotopic (exact) mass is 322 g/mol. The minimum atomic E-state index is -0.965. The molecular formula is C20H18O4. The van der Waals surface area contributed by atoms with E-state index in [0.29, 0.717) is 13.0 Å². The lowest BCUT2D eigenvalue weighted by atomic mass is 9.90. The average Bonchev–Trinajstić information content (AvgIpc) is 2.59. The number of hydrogen-bond acceptors (Lipinski definition) is 3. The van der Waals surface area contributed by atoms with Crippen LogP contribution in [0.3, 0.4) is 0 Å². The summed E-state index contributed by atoms with van der Waals surface area (Å²) in [5.74, 6) is 0.0133. The van der Waals surface area contributed by atoms with Gasteiger partial charge in [0.25, 0.3) is 0 Å². The fourth-order valence-electron chi connectivity index (χ4n) is 2.77. The molecule has 1 N–H and O–H groups in total. The van der Waals surface area contributed by atoms with Crippen molar-refractivity contribution in [1.82, 2.24) is 0 Å². The molecule has 0 atom stereocenters. The van der Waals surface area contributed by atoms with E-state index in [0.717, 1.165) is 46.9 Å². The second-order valence-corrected chi connectivity index (χ2v) is 5.80. The zero-order valence-corrected chi connectivity index (χ0v) is 13.2. The van der Waals surface area contributed by atoms with E-state index in [1.54, 1.807) is 6.08 Å². The molecule has 122 valence electrons. The molecule has 1 aliphatic rings. The number of carboxylic acid groups (broad SMARTS) is 1. The second kappa shape index (κ2) is 7.13. The first-order valence-electron chi connectivity index (χ1n) is 7.91. The predicted octanol–water partition coefficient (Wildman–Crippen LogP) is 3.88.